The lowest BCUT2D eigenvalue weighted by atomic mass is 9.86. The molecule has 1 saturated carbocycles. The number of aromatic nitrogens is 2. The van der Waals surface area contributed by atoms with E-state index >= 15 is 0 Å². The van der Waals surface area contributed by atoms with Gasteiger partial charge in [0.15, 0.2) is 0 Å². The van der Waals surface area contributed by atoms with Crippen molar-refractivity contribution in [2.75, 3.05) is 38.0 Å². The van der Waals surface area contributed by atoms with Crippen LogP contribution in [0.25, 0.3) is 0 Å². The highest BCUT2D eigenvalue weighted by Gasteiger charge is 2.22. The smallest absolute Gasteiger partial charge is 0.251 e. The van der Waals surface area contributed by atoms with Crippen LogP contribution in [0.4, 0.5) is 11.8 Å². The molecule has 0 radical (unpaired) electrons. The van der Waals surface area contributed by atoms with Gasteiger partial charge in [-0.15, -0.1) is 0 Å². The van der Waals surface area contributed by atoms with Gasteiger partial charge in [0.05, 0.1) is 7.11 Å². The van der Waals surface area contributed by atoms with Crippen molar-refractivity contribution in [3.8, 4) is 5.75 Å². The maximum Gasteiger partial charge on any atom is 0.251 e. The number of hydrogen-bond donors (Lipinski definition) is 2. The lowest BCUT2D eigenvalue weighted by molar-refractivity contribution is 0.0943. The summed E-state index contributed by atoms with van der Waals surface area (Å²) in [5, 5.41) is 6.54. The molecule has 7 heteroatoms. The number of methoxy groups -OCH3 is 1. The summed E-state index contributed by atoms with van der Waals surface area (Å²) >= 11 is 0. The summed E-state index contributed by atoms with van der Waals surface area (Å²) in [6, 6.07) is 7.57. The minimum atomic E-state index is -0.0304. The predicted molar refractivity (Wildman–Crippen MR) is 116 cm³/mol. The van der Waals surface area contributed by atoms with Crippen LogP contribution in [0.1, 0.15) is 41.6 Å². The fraction of sp³-hybridized carbons (Fsp3) is 0.500. The highest BCUT2D eigenvalue weighted by molar-refractivity contribution is 5.94. The molecule has 0 unspecified atom stereocenters. The van der Waals surface area contributed by atoms with Gasteiger partial charge in [-0.2, -0.15) is 4.98 Å². The van der Waals surface area contributed by atoms with Crippen LogP contribution in [0.5, 0.6) is 5.75 Å². The van der Waals surface area contributed by atoms with Gasteiger partial charge in [-0.1, -0.05) is 0 Å². The first kappa shape index (κ1) is 20.9. The maximum absolute atomic E-state index is 12.3. The van der Waals surface area contributed by atoms with E-state index in [2.05, 4.69) is 20.6 Å². The van der Waals surface area contributed by atoms with Crippen molar-refractivity contribution in [3.63, 3.8) is 0 Å². The van der Waals surface area contributed by atoms with Gasteiger partial charge in [-0.05, 0) is 62.8 Å². The number of rotatable bonds is 7. The van der Waals surface area contributed by atoms with E-state index in [1.54, 1.807) is 31.4 Å². The Morgan fingerprint density at radius 3 is 2.48 bits per heavy atom. The second-order valence-corrected chi connectivity index (χ2v) is 7.90. The second kappa shape index (κ2) is 9.58. The van der Waals surface area contributed by atoms with Gasteiger partial charge >= 0.3 is 0 Å². The van der Waals surface area contributed by atoms with Crippen molar-refractivity contribution in [3.05, 3.63) is 41.6 Å². The van der Waals surface area contributed by atoms with Crippen LogP contribution in [0, 0.1) is 12.8 Å². The second-order valence-electron chi connectivity index (χ2n) is 7.90. The summed E-state index contributed by atoms with van der Waals surface area (Å²) < 4.78 is 5.13. The fourth-order valence-electron chi connectivity index (χ4n) is 3.73. The molecule has 1 aromatic carbocycles. The van der Waals surface area contributed by atoms with E-state index in [4.69, 9.17) is 4.74 Å². The Bertz CT molecular complexity index is 814. The van der Waals surface area contributed by atoms with Gasteiger partial charge in [0.2, 0.25) is 5.95 Å². The summed E-state index contributed by atoms with van der Waals surface area (Å²) in [6.07, 6.45) is 6.13. The summed E-state index contributed by atoms with van der Waals surface area (Å²) in [7, 11) is 5.60. The Morgan fingerprint density at radius 1 is 1.17 bits per heavy atom. The molecule has 1 aliphatic carbocycles. The summed E-state index contributed by atoms with van der Waals surface area (Å²) in [6.45, 7) is 2.73. The van der Waals surface area contributed by atoms with E-state index in [1.807, 2.05) is 32.1 Å². The molecule has 0 spiro atoms. The Hall–Kier alpha value is -2.83. The van der Waals surface area contributed by atoms with Crippen molar-refractivity contribution in [1.29, 1.82) is 0 Å². The Kier molecular flexibility index (Phi) is 6.90. The number of anilines is 2. The SMILES string of the molecule is COc1ccc(C(=O)NCC2CCC(Nc3ncc(C)c(N(C)C)n3)CC2)cc1. The quantitative estimate of drug-likeness (QED) is 0.747. The molecule has 7 nitrogen and oxygen atoms in total. The number of hydrogen-bond acceptors (Lipinski definition) is 6. The lowest BCUT2D eigenvalue weighted by Crippen LogP contribution is -2.34. The maximum atomic E-state index is 12.3. The molecule has 1 aromatic heterocycles. The number of ether oxygens (including phenoxy) is 1. The lowest BCUT2D eigenvalue weighted by Gasteiger charge is -2.29. The van der Waals surface area contributed by atoms with Crippen molar-refractivity contribution in [2.24, 2.45) is 5.92 Å². The third-order valence-corrected chi connectivity index (χ3v) is 5.45. The van der Waals surface area contributed by atoms with Crippen LogP contribution in [-0.2, 0) is 0 Å². The van der Waals surface area contributed by atoms with E-state index in [9.17, 15) is 4.79 Å². The molecule has 3 rings (SSSR count). The number of nitrogens with one attached hydrogen (secondary N) is 2. The average Bonchev–Trinajstić information content (AvgIpc) is 2.74. The van der Waals surface area contributed by atoms with Gasteiger partial charge < -0.3 is 20.3 Å². The molecule has 0 atom stereocenters. The number of benzene rings is 1. The molecule has 0 saturated heterocycles. The minimum Gasteiger partial charge on any atom is -0.497 e. The van der Waals surface area contributed by atoms with E-state index in [0.29, 0.717) is 30.0 Å². The first-order valence-electron chi connectivity index (χ1n) is 10.2. The van der Waals surface area contributed by atoms with Crippen LogP contribution < -0.4 is 20.3 Å². The molecular formula is C22H31N5O2. The van der Waals surface area contributed by atoms with Crippen molar-refractivity contribution < 1.29 is 9.53 Å². The number of carbonyl (C=O) groups is 1. The Labute approximate surface area is 172 Å². The molecule has 2 aromatic rings. The summed E-state index contributed by atoms with van der Waals surface area (Å²) in [5.41, 5.74) is 1.73. The van der Waals surface area contributed by atoms with Crippen LogP contribution in [0.3, 0.4) is 0 Å². The molecular weight excluding hydrogens is 366 g/mol. The molecule has 29 heavy (non-hydrogen) atoms. The van der Waals surface area contributed by atoms with Crippen LogP contribution >= 0.6 is 0 Å². The van der Waals surface area contributed by atoms with Gasteiger partial charge in [-0.3, -0.25) is 4.79 Å². The summed E-state index contributed by atoms with van der Waals surface area (Å²) in [4.78, 5) is 23.4. The molecule has 1 aliphatic rings. The molecule has 156 valence electrons. The fourth-order valence-corrected chi connectivity index (χ4v) is 3.73. The van der Waals surface area contributed by atoms with E-state index in [-0.39, 0.29) is 5.91 Å². The van der Waals surface area contributed by atoms with Crippen LogP contribution in [0.2, 0.25) is 0 Å². The van der Waals surface area contributed by atoms with Gasteiger partial charge in [0, 0.05) is 44.0 Å². The molecule has 1 heterocycles. The monoisotopic (exact) mass is 397 g/mol. The zero-order valence-corrected chi connectivity index (χ0v) is 17.7. The van der Waals surface area contributed by atoms with Gasteiger partial charge in [0.25, 0.3) is 5.91 Å². The van der Waals surface area contributed by atoms with Crippen LogP contribution in [-0.4, -0.2) is 49.7 Å². The van der Waals surface area contributed by atoms with E-state index in [0.717, 1.165) is 42.8 Å². The average molecular weight is 398 g/mol. The number of amides is 1. The molecule has 2 N–H and O–H groups in total. The third kappa shape index (κ3) is 5.59. The first-order valence-corrected chi connectivity index (χ1v) is 10.2. The van der Waals surface area contributed by atoms with E-state index < -0.39 is 0 Å². The Morgan fingerprint density at radius 2 is 1.86 bits per heavy atom. The van der Waals surface area contributed by atoms with Crippen molar-refractivity contribution >= 4 is 17.7 Å². The highest BCUT2D eigenvalue weighted by atomic mass is 16.5. The third-order valence-electron chi connectivity index (χ3n) is 5.45. The number of carbonyl (C=O) groups excluding carboxylic acids is 1. The molecule has 1 fully saturated rings. The van der Waals surface area contributed by atoms with Crippen molar-refractivity contribution in [1.82, 2.24) is 15.3 Å². The van der Waals surface area contributed by atoms with Gasteiger partial charge in [-0.25, -0.2) is 4.98 Å². The minimum absolute atomic E-state index is 0.0304. The topological polar surface area (TPSA) is 79.4 Å². The standard InChI is InChI=1S/C22H31N5O2/c1-15-13-24-22(26-20(15)27(2)3)25-18-9-5-16(6-10-18)14-23-21(28)17-7-11-19(29-4)12-8-17/h7-8,11-13,16,18H,5-6,9-10,14H2,1-4H3,(H,23,28)(H,24,25,26). The largest absolute Gasteiger partial charge is 0.497 e. The molecule has 0 bridgehead atoms. The van der Waals surface area contributed by atoms with Crippen LogP contribution in [0.15, 0.2) is 30.5 Å². The van der Waals surface area contributed by atoms with E-state index in [1.165, 1.54) is 0 Å². The number of aryl methyl sites for hydroxylation is 1. The molecule has 0 aliphatic heterocycles. The summed E-state index contributed by atoms with van der Waals surface area (Å²) in [5.74, 6) is 2.86. The van der Waals surface area contributed by atoms with Crippen molar-refractivity contribution in [2.45, 2.75) is 38.6 Å². The zero-order chi connectivity index (χ0) is 20.8. The zero-order valence-electron chi connectivity index (χ0n) is 17.7. The Balaban J connectivity index is 1.44. The first-order chi connectivity index (χ1) is 14.0. The normalized spacial score (nSPS) is 18.8. The van der Waals surface area contributed by atoms with Gasteiger partial charge in [0.1, 0.15) is 11.6 Å². The molecule has 1 amide bonds. The predicted octanol–water partition coefficient (Wildman–Crippen LogP) is 3.26. The highest BCUT2D eigenvalue weighted by Crippen LogP contribution is 2.26. The number of nitrogens with zero attached hydrogens (tertiary/aromatic N) is 3.